The fourth-order valence-electron chi connectivity index (χ4n) is 3.09. The highest BCUT2D eigenvalue weighted by atomic mass is 32.2. The molecule has 3 heterocycles. The molecule has 3 rings (SSSR count). The summed E-state index contributed by atoms with van der Waals surface area (Å²) in [4.78, 5) is 0. The molecule has 7 heteroatoms. The fourth-order valence-corrected chi connectivity index (χ4v) is 5.91. The van der Waals surface area contributed by atoms with Crippen LogP contribution in [0.2, 0.25) is 0 Å². The van der Waals surface area contributed by atoms with Crippen molar-refractivity contribution in [2.75, 3.05) is 20.3 Å². The van der Waals surface area contributed by atoms with E-state index in [0.29, 0.717) is 17.4 Å². The van der Waals surface area contributed by atoms with Crippen LogP contribution in [0.5, 0.6) is 0 Å². The zero-order valence-corrected chi connectivity index (χ0v) is 13.0. The molecule has 20 heavy (non-hydrogen) atoms. The predicted molar refractivity (Wildman–Crippen MR) is 76.4 cm³/mol. The van der Waals surface area contributed by atoms with E-state index < -0.39 is 10.0 Å². The Morgan fingerprint density at radius 3 is 3.00 bits per heavy atom. The van der Waals surface area contributed by atoms with Gasteiger partial charge in [0.25, 0.3) is 10.0 Å². The summed E-state index contributed by atoms with van der Waals surface area (Å²) in [6.07, 6.45) is 2.59. The van der Waals surface area contributed by atoms with Crippen LogP contribution in [0.15, 0.2) is 21.7 Å². The van der Waals surface area contributed by atoms with Crippen molar-refractivity contribution in [2.45, 2.75) is 41.7 Å². The van der Waals surface area contributed by atoms with Crippen molar-refractivity contribution in [1.82, 2.24) is 4.31 Å². The maximum Gasteiger partial charge on any atom is 0.252 e. The molecule has 0 aromatic carbocycles. The summed E-state index contributed by atoms with van der Waals surface area (Å²) in [5.41, 5.74) is 0. The van der Waals surface area contributed by atoms with Gasteiger partial charge in [0.05, 0.1) is 24.9 Å². The van der Waals surface area contributed by atoms with Gasteiger partial charge in [-0.2, -0.15) is 4.31 Å². The molecule has 3 atom stereocenters. The first-order chi connectivity index (χ1) is 9.63. The summed E-state index contributed by atoms with van der Waals surface area (Å²) in [7, 11) is -1.69. The number of fused-ring (bicyclic) bond motifs is 1. The van der Waals surface area contributed by atoms with E-state index in [4.69, 9.17) is 9.47 Å². The first kappa shape index (κ1) is 14.5. The summed E-state index contributed by atoms with van der Waals surface area (Å²) in [5, 5.41) is 1.80. The van der Waals surface area contributed by atoms with Crippen LogP contribution < -0.4 is 0 Å². The number of hydrogen-bond donors (Lipinski definition) is 0. The van der Waals surface area contributed by atoms with E-state index in [0.717, 1.165) is 19.3 Å². The van der Waals surface area contributed by atoms with Crippen LogP contribution in [0, 0.1) is 0 Å². The molecule has 0 N–H and O–H groups in total. The molecule has 2 aliphatic rings. The number of sulfonamides is 1. The second-order valence-corrected chi connectivity index (χ2v) is 8.30. The molecule has 0 spiro atoms. The number of thiophene rings is 1. The minimum atomic E-state index is -3.35. The largest absolute Gasteiger partial charge is 0.382 e. The third-order valence-corrected chi connectivity index (χ3v) is 7.29. The minimum absolute atomic E-state index is 0.0126. The van der Waals surface area contributed by atoms with Crippen LogP contribution in [0.1, 0.15) is 19.3 Å². The number of ether oxygens (including phenoxy) is 2. The van der Waals surface area contributed by atoms with Gasteiger partial charge >= 0.3 is 0 Å². The highest BCUT2D eigenvalue weighted by Crippen LogP contribution is 2.36. The van der Waals surface area contributed by atoms with Crippen molar-refractivity contribution < 1.29 is 17.9 Å². The van der Waals surface area contributed by atoms with Gasteiger partial charge in [0.15, 0.2) is 0 Å². The van der Waals surface area contributed by atoms with Gasteiger partial charge in [-0.3, -0.25) is 0 Å². The second-order valence-electron chi connectivity index (χ2n) is 5.23. The normalized spacial score (nSPS) is 31.4. The maximum atomic E-state index is 12.6. The summed E-state index contributed by atoms with van der Waals surface area (Å²) in [6.45, 7) is 1.14. The Labute approximate surface area is 123 Å². The lowest BCUT2D eigenvalue weighted by molar-refractivity contribution is -0.0872. The van der Waals surface area contributed by atoms with Gasteiger partial charge in [-0.15, -0.1) is 11.3 Å². The molecule has 2 aliphatic heterocycles. The number of nitrogens with zero attached hydrogens (tertiary/aromatic N) is 1. The zero-order valence-electron chi connectivity index (χ0n) is 11.4. The molecule has 0 unspecified atom stereocenters. The van der Waals surface area contributed by atoms with Crippen LogP contribution in [0.4, 0.5) is 0 Å². The van der Waals surface area contributed by atoms with Crippen molar-refractivity contribution in [3.63, 3.8) is 0 Å². The smallest absolute Gasteiger partial charge is 0.252 e. The Kier molecular flexibility index (Phi) is 4.14. The van der Waals surface area contributed by atoms with E-state index in [9.17, 15) is 8.42 Å². The SMILES string of the molecule is COC[C@@H]1CC[C@@H]2[C@@H](CCN2S(=O)(=O)c2cccs2)O1. The summed E-state index contributed by atoms with van der Waals surface area (Å²) < 4.78 is 38.4. The number of methoxy groups -OCH3 is 1. The van der Waals surface area contributed by atoms with E-state index in [1.165, 1.54) is 11.3 Å². The quantitative estimate of drug-likeness (QED) is 0.848. The molecule has 0 amide bonds. The molecule has 1 aromatic heterocycles. The van der Waals surface area contributed by atoms with Gasteiger partial charge in [-0.05, 0) is 30.7 Å². The topological polar surface area (TPSA) is 55.8 Å². The molecule has 1 aromatic rings. The molecule has 0 aliphatic carbocycles. The van der Waals surface area contributed by atoms with Crippen molar-refractivity contribution in [3.8, 4) is 0 Å². The molecule has 5 nitrogen and oxygen atoms in total. The molecule has 2 fully saturated rings. The Hall–Kier alpha value is -0.470. The van der Waals surface area contributed by atoms with E-state index in [-0.39, 0.29) is 18.2 Å². The van der Waals surface area contributed by atoms with Gasteiger partial charge in [0.2, 0.25) is 0 Å². The maximum absolute atomic E-state index is 12.6. The van der Waals surface area contributed by atoms with Crippen LogP contribution >= 0.6 is 11.3 Å². The van der Waals surface area contributed by atoms with Gasteiger partial charge < -0.3 is 9.47 Å². The van der Waals surface area contributed by atoms with Gasteiger partial charge in [-0.25, -0.2) is 8.42 Å². The standard InChI is InChI=1S/C13H19NO4S2/c1-17-9-10-4-5-11-12(18-10)6-7-14(11)20(15,16)13-3-2-8-19-13/h2-3,8,10-12H,4-7,9H2,1H3/t10-,11+,12+/m0/s1. The Morgan fingerprint density at radius 1 is 1.45 bits per heavy atom. The van der Waals surface area contributed by atoms with E-state index >= 15 is 0 Å². The highest BCUT2D eigenvalue weighted by molar-refractivity contribution is 7.91. The third kappa shape index (κ3) is 2.53. The molecule has 112 valence electrons. The zero-order chi connectivity index (χ0) is 14.2. The summed E-state index contributed by atoms with van der Waals surface area (Å²) in [6, 6.07) is 3.43. The van der Waals surface area contributed by atoms with E-state index in [1.807, 2.05) is 0 Å². The lowest BCUT2D eigenvalue weighted by Crippen LogP contribution is -2.45. The average Bonchev–Trinajstić information content (AvgIpc) is 3.08. The lowest BCUT2D eigenvalue weighted by Gasteiger charge is -2.35. The van der Waals surface area contributed by atoms with Crippen LogP contribution in [0.3, 0.4) is 0 Å². The minimum Gasteiger partial charge on any atom is -0.382 e. The highest BCUT2D eigenvalue weighted by Gasteiger charge is 2.45. The number of hydrogen-bond acceptors (Lipinski definition) is 5. The molecular weight excluding hydrogens is 298 g/mol. The van der Waals surface area contributed by atoms with Gasteiger partial charge in [0, 0.05) is 13.7 Å². The molecule has 0 bridgehead atoms. The molecule has 2 saturated heterocycles. The van der Waals surface area contributed by atoms with Crippen molar-refractivity contribution >= 4 is 21.4 Å². The van der Waals surface area contributed by atoms with E-state index in [2.05, 4.69) is 0 Å². The monoisotopic (exact) mass is 317 g/mol. The Morgan fingerprint density at radius 2 is 2.30 bits per heavy atom. The van der Waals surface area contributed by atoms with Crippen molar-refractivity contribution in [1.29, 1.82) is 0 Å². The average molecular weight is 317 g/mol. The fraction of sp³-hybridized carbons (Fsp3) is 0.692. The van der Waals surface area contributed by atoms with Crippen LogP contribution in [-0.2, 0) is 19.5 Å². The first-order valence-corrected chi connectivity index (χ1v) is 9.14. The second kappa shape index (κ2) is 5.73. The van der Waals surface area contributed by atoms with Crippen LogP contribution in [-0.4, -0.2) is 51.2 Å². The van der Waals surface area contributed by atoms with Crippen molar-refractivity contribution in [3.05, 3.63) is 17.5 Å². The molecule has 0 radical (unpaired) electrons. The summed E-state index contributed by atoms with van der Waals surface area (Å²) in [5.74, 6) is 0. The summed E-state index contributed by atoms with van der Waals surface area (Å²) >= 11 is 1.27. The van der Waals surface area contributed by atoms with Crippen LogP contribution in [0.25, 0.3) is 0 Å². The third-order valence-electron chi connectivity index (χ3n) is 4.00. The molecule has 0 saturated carbocycles. The van der Waals surface area contributed by atoms with Crippen molar-refractivity contribution in [2.24, 2.45) is 0 Å². The Bertz CT molecular complexity index is 543. The Balaban J connectivity index is 1.75. The number of rotatable bonds is 4. The van der Waals surface area contributed by atoms with Gasteiger partial charge in [-0.1, -0.05) is 6.07 Å². The van der Waals surface area contributed by atoms with Gasteiger partial charge in [0.1, 0.15) is 4.21 Å². The van der Waals surface area contributed by atoms with E-state index in [1.54, 1.807) is 28.9 Å². The molecular formula is C13H19NO4S2. The lowest BCUT2D eigenvalue weighted by atomic mass is 10.0. The first-order valence-electron chi connectivity index (χ1n) is 6.82. The predicted octanol–water partition coefficient (Wildman–Crippen LogP) is 1.71.